The molecule has 0 aliphatic heterocycles. The first kappa shape index (κ1) is 36.4. The summed E-state index contributed by atoms with van der Waals surface area (Å²) in [5.41, 5.74) is 9.80. The predicted molar refractivity (Wildman–Crippen MR) is 250 cm³/mol. The second-order valence-electron chi connectivity index (χ2n) is 16.5. The van der Waals surface area contributed by atoms with E-state index >= 15 is 0 Å². The molecule has 61 heavy (non-hydrogen) atoms. The van der Waals surface area contributed by atoms with Crippen LogP contribution in [0, 0.1) is 46.3 Å². The second kappa shape index (κ2) is 14.9. The Kier molecular flexibility index (Phi) is 8.87. The molecule has 0 saturated carbocycles. The molecule has 0 bridgehead atoms. The number of fused-ring (bicyclic) bond motifs is 7. The lowest BCUT2D eigenvalue weighted by Crippen LogP contribution is -2.51. The van der Waals surface area contributed by atoms with Crippen LogP contribution in [0.15, 0.2) is 212 Å². The third-order valence-corrected chi connectivity index (χ3v) is 13.6. The molecule has 5 unspecified atom stereocenters. The summed E-state index contributed by atoms with van der Waals surface area (Å²) in [4.78, 5) is 2.31. The lowest BCUT2D eigenvalue weighted by Gasteiger charge is -2.55. The first-order chi connectivity index (χ1) is 30.2. The van der Waals surface area contributed by atoms with Crippen molar-refractivity contribution in [3.05, 3.63) is 229 Å². The number of benzene rings is 7. The van der Waals surface area contributed by atoms with Gasteiger partial charge in [-0.3, -0.25) is 0 Å². The molecular formula is C57H42N4. The Labute approximate surface area is 356 Å². The molecule has 8 aromatic rings. The quantitative estimate of drug-likeness (QED) is 0.162. The van der Waals surface area contributed by atoms with Crippen molar-refractivity contribution >= 4 is 55.3 Å². The first-order valence-electron chi connectivity index (χ1n) is 21.2. The topological polar surface area (TPSA) is 55.8 Å². The molecule has 3 aliphatic carbocycles. The minimum atomic E-state index is -0.782. The van der Waals surface area contributed by atoms with Crippen LogP contribution in [-0.4, -0.2) is 4.57 Å². The van der Waals surface area contributed by atoms with Crippen molar-refractivity contribution in [3.8, 4) is 12.1 Å². The number of hydrogen-bond donors (Lipinski definition) is 0. The van der Waals surface area contributed by atoms with Gasteiger partial charge in [-0.25, -0.2) is 0 Å². The van der Waals surface area contributed by atoms with E-state index in [2.05, 4.69) is 234 Å². The van der Waals surface area contributed by atoms with E-state index in [0.717, 1.165) is 34.7 Å². The summed E-state index contributed by atoms with van der Waals surface area (Å²) in [6.45, 7) is 0. The molecule has 1 aromatic heterocycles. The summed E-state index contributed by atoms with van der Waals surface area (Å²) in [5, 5.41) is 25.9. The smallest absolute Gasteiger partial charge is 0.140 e. The first-order valence-corrected chi connectivity index (χ1v) is 21.2. The molecule has 0 spiro atoms. The van der Waals surface area contributed by atoms with Crippen molar-refractivity contribution in [2.45, 2.75) is 17.8 Å². The van der Waals surface area contributed by atoms with Gasteiger partial charge in [-0.1, -0.05) is 158 Å². The van der Waals surface area contributed by atoms with E-state index in [1.165, 1.54) is 43.7 Å². The number of aromatic nitrogens is 1. The highest BCUT2D eigenvalue weighted by Crippen LogP contribution is 2.61. The summed E-state index contributed by atoms with van der Waals surface area (Å²) in [6.07, 6.45) is 16.9. The average Bonchev–Trinajstić information content (AvgIpc) is 3.68. The number of nitrogens with zero attached hydrogens (tertiary/aromatic N) is 4. The number of hydrogen-bond acceptors (Lipinski definition) is 3. The molecule has 290 valence electrons. The fourth-order valence-corrected chi connectivity index (χ4v) is 11.2. The Morgan fingerprint density at radius 1 is 0.590 bits per heavy atom. The highest BCUT2D eigenvalue weighted by molar-refractivity contribution is 6.21. The lowest BCUT2D eigenvalue weighted by atomic mass is 9.47. The van der Waals surface area contributed by atoms with Crippen LogP contribution in [-0.2, 0) is 5.41 Å². The third-order valence-electron chi connectivity index (χ3n) is 13.6. The number of rotatable bonds is 7. The van der Waals surface area contributed by atoms with E-state index in [9.17, 15) is 10.5 Å². The molecule has 0 saturated heterocycles. The van der Waals surface area contributed by atoms with Crippen molar-refractivity contribution < 1.29 is 0 Å². The van der Waals surface area contributed by atoms with Crippen molar-refractivity contribution in [2.24, 2.45) is 23.7 Å². The zero-order valence-electron chi connectivity index (χ0n) is 33.6. The van der Waals surface area contributed by atoms with Crippen LogP contribution in [0.1, 0.15) is 29.0 Å². The molecule has 11 rings (SSSR count). The molecular weight excluding hydrogens is 741 g/mol. The summed E-state index contributed by atoms with van der Waals surface area (Å²) >= 11 is 0. The van der Waals surface area contributed by atoms with Crippen LogP contribution in [0.4, 0.5) is 17.1 Å². The fourth-order valence-electron chi connectivity index (χ4n) is 11.2. The summed E-state index contributed by atoms with van der Waals surface area (Å²) < 4.78 is 2.44. The van der Waals surface area contributed by atoms with Gasteiger partial charge in [0.25, 0.3) is 0 Å². The molecule has 4 heteroatoms. The van der Waals surface area contributed by atoms with Crippen LogP contribution < -0.4 is 4.90 Å². The van der Waals surface area contributed by atoms with Gasteiger partial charge < -0.3 is 9.47 Å². The van der Waals surface area contributed by atoms with Crippen LogP contribution in [0.25, 0.3) is 38.3 Å². The van der Waals surface area contributed by atoms with Crippen molar-refractivity contribution in [3.63, 3.8) is 0 Å². The van der Waals surface area contributed by atoms with Gasteiger partial charge in [-0.05, 0) is 106 Å². The lowest BCUT2D eigenvalue weighted by molar-refractivity contribution is 0.186. The maximum absolute atomic E-state index is 10.4. The highest BCUT2D eigenvalue weighted by atomic mass is 15.1. The van der Waals surface area contributed by atoms with Crippen LogP contribution in [0.5, 0.6) is 0 Å². The Balaban J connectivity index is 1.10. The molecule has 1 heterocycles. The monoisotopic (exact) mass is 782 g/mol. The van der Waals surface area contributed by atoms with E-state index in [0.29, 0.717) is 0 Å². The molecule has 0 radical (unpaired) electrons. The van der Waals surface area contributed by atoms with Gasteiger partial charge in [0.15, 0.2) is 0 Å². The molecule has 5 atom stereocenters. The van der Waals surface area contributed by atoms with Crippen LogP contribution in [0.3, 0.4) is 0 Å². The van der Waals surface area contributed by atoms with Gasteiger partial charge in [0.1, 0.15) is 5.92 Å². The molecule has 0 amide bonds. The Bertz CT molecular complexity index is 3120. The number of nitriles is 2. The zero-order chi connectivity index (χ0) is 40.9. The second-order valence-corrected chi connectivity index (χ2v) is 16.5. The van der Waals surface area contributed by atoms with E-state index in [4.69, 9.17) is 0 Å². The van der Waals surface area contributed by atoms with Crippen molar-refractivity contribution in [1.29, 1.82) is 10.5 Å². The van der Waals surface area contributed by atoms with Crippen LogP contribution in [0.2, 0.25) is 0 Å². The Morgan fingerprint density at radius 2 is 1.23 bits per heavy atom. The molecule has 7 aromatic carbocycles. The average molecular weight is 783 g/mol. The van der Waals surface area contributed by atoms with E-state index in [-0.39, 0.29) is 23.7 Å². The van der Waals surface area contributed by atoms with Gasteiger partial charge >= 0.3 is 0 Å². The standard InChI is InChI=1S/C57H42N4/c58-37-40(38-59)55-48-21-9-12-24-51(48)57(52-25-13-10-22-49(52)55,41-28-32-45(33-29-41)60(43-16-3-1-4-17-43)44-18-5-2-6-19-44)42-30-34-46(35-31-42)61-53-26-14-11-23-50(53)56-47-20-8-7-15-39(47)27-36-54(56)61/h1-30,32-36,40,42,48,51,55H,31H2. The molecule has 4 nitrogen and oxygen atoms in total. The fraction of sp³-hybridized carbons (Fsp3) is 0.123. The van der Waals surface area contributed by atoms with Gasteiger partial charge in [-0.2, -0.15) is 10.5 Å². The predicted octanol–water partition coefficient (Wildman–Crippen LogP) is 13.9. The minimum absolute atomic E-state index is 0.0176. The third kappa shape index (κ3) is 5.64. The van der Waals surface area contributed by atoms with Gasteiger partial charge in [0, 0.05) is 44.9 Å². The summed E-state index contributed by atoms with van der Waals surface area (Å²) in [7, 11) is 0. The zero-order valence-corrected chi connectivity index (χ0v) is 33.6. The highest BCUT2D eigenvalue weighted by Gasteiger charge is 2.56. The normalized spacial score (nSPS) is 21.5. The van der Waals surface area contributed by atoms with E-state index in [1.807, 2.05) is 0 Å². The number of para-hydroxylation sites is 3. The van der Waals surface area contributed by atoms with Crippen molar-refractivity contribution in [1.82, 2.24) is 4.57 Å². The van der Waals surface area contributed by atoms with E-state index < -0.39 is 11.3 Å². The van der Waals surface area contributed by atoms with Crippen LogP contribution >= 0.6 is 0 Å². The summed E-state index contributed by atoms with van der Waals surface area (Å²) in [6, 6.07) is 65.7. The maximum Gasteiger partial charge on any atom is 0.140 e. The van der Waals surface area contributed by atoms with Gasteiger partial charge in [0.2, 0.25) is 0 Å². The minimum Gasteiger partial charge on any atom is -0.311 e. The SMILES string of the molecule is N#CC(C#N)C1c2ccccc2C(c2ccc(N(c3ccccc3)c3ccccc3)cc2)(C2C=CC(n3c4ccccc4c4c5ccccc5ccc43)=CC2)C2C=CC=CC12. The Morgan fingerprint density at radius 3 is 1.95 bits per heavy atom. The van der Waals surface area contributed by atoms with Gasteiger partial charge in [-0.15, -0.1) is 0 Å². The van der Waals surface area contributed by atoms with Gasteiger partial charge in [0.05, 0.1) is 23.2 Å². The summed E-state index contributed by atoms with van der Waals surface area (Å²) in [5.74, 6) is -1.06. The number of allylic oxidation sites excluding steroid dienone is 8. The molecule has 3 aliphatic rings. The molecule has 0 N–H and O–H groups in total. The van der Waals surface area contributed by atoms with Crippen molar-refractivity contribution in [2.75, 3.05) is 4.90 Å². The molecule has 0 fully saturated rings. The Hall–Kier alpha value is -7.66. The van der Waals surface area contributed by atoms with E-state index in [1.54, 1.807) is 0 Å². The maximum atomic E-state index is 10.4. The number of anilines is 3. The largest absolute Gasteiger partial charge is 0.311 e.